The summed E-state index contributed by atoms with van der Waals surface area (Å²) < 4.78 is 13.3. The van der Waals surface area contributed by atoms with Crippen LogP contribution in [0.25, 0.3) is 0 Å². The molecule has 1 aliphatic heterocycles. The van der Waals surface area contributed by atoms with Gasteiger partial charge in [-0.15, -0.1) is 0 Å². The first kappa shape index (κ1) is 23.1. The molecule has 0 radical (unpaired) electrons. The van der Waals surface area contributed by atoms with Crippen LogP contribution < -0.4 is 15.1 Å². The zero-order valence-electron chi connectivity index (χ0n) is 19.0. The molecule has 0 spiro atoms. The van der Waals surface area contributed by atoms with E-state index in [1.807, 2.05) is 26.2 Å². The van der Waals surface area contributed by atoms with Gasteiger partial charge < -0.3 is 15.1 Å². The van der Waals surface area contributed by atoms with Gasteiger partial charge in [0.05, 0.1) is 6.04 Å². The summed E-state index contributed by atoms with van der Waals surface area (Å²) in [4.78, 5) is 19.1. The smallest absolute Gasteiger partial charge is 0.220 e. The maximum absolute atomic E-state index is 13.3. The summed E-state index contributed by atoms with van der Waals surface area (Å²) in [5.74, 6) is -0.0795. The standard InChI is InChI=1S/C25H35FN4O/c1-4-5-6-25(31)27-19-24(20-7-11-22(12-8-20)28(2)3)30-17-15-29(16-18-30)23-13-9-21(26)10-14-23/h7-14,24H,4-6,15-19H2,1-3H3,(H,27,31)/t24-/m1/s1. The molecule has 1 amide bonds. The number of carbonyl (C=O) groups excluding carboxylic acids is 1. The van der Waals surface area contributed by atoms with Crippen LogP contribution in [0.4, 0.5) is 15.8 Å². The van der Waals surface area contributed by atoms with Crippen molar-refractivity contribution in [1.82, 2.24) is 10.2 Å². The Hall–Kier alpha value is -2.60. The molecule has 0 bridgehead atoms. The number of hydrogen-bond donors (Lipinski definition) is 1. The lowest BCUT2D eigenvalue weighted by atomic mass is 10.0. The molecule has 1 saturated heterocycles. The van der Waals surface area contributed by atoms with Gasteiger partial charge in [0, 0.05) is 64.6 Å². The SMILES string of the molecule is CCCCC(=O)NC[C@H](c1ccc(N(C)C)cc1)N1CCN(c2ccc(F)cc2)CC1. The highest BCUT2D eigenvalue weighted by molar-refractivity contribution is 5.75. The number of carbonyl (C=O) groups is 1. The Morgan fingerprint density at radius 3 is 2.26 bits per heavy atom. The summed E-state index contributed by atoms with van der Waals surface area (Å²) in [5.41, 5.74) is 3.44. The number of amides is 1. The van der Waals surface area contributed by atoms with Crippen molar-refractivity contribution in [2.75, 3.05) is 56.6 Å². The van der Waals surface area contributed by atoms with E-state index < -0.39 is 0 Å². The number of halogens is 1. The minimum absolute atomic E-state index is 0.127. The maximum Gasteiger partial charge on any atom is 0.220 e. The van der Waals surface area contributed by atoms with E-state index in [1.165, 1.54) is 17.7 Å². The number of anilines is 2. The molecular weight excluding hydrogens is 391 g/mol. The Labute approximate surface area is 185 Å². The van der Waals surface area contributed by atoms with Crippen LogP contribution in [0.3, 0.4) is 0 Å². The maximum atomic E-state index is 13.3. The van der Waals surface area contributed by atoms with Crippen molar-refractivity contribution in [3.05, 3.63) is 59.9 Å². The van der Waals surface area contributed by atoms with Crippen molar-refractivity contribution in [2.45, 2.75) is 32.2 Å². The average molecular weight is 427 g/mol. The molecule has 6 heteroatoms. The van der Waals surface area contributed by atoms with Gasteiger partial charge in [-0.1, -0.05) is 25.5 Å². The van der Waals surface area contributed by atoms with Gasteiger partial charge in [0.15, 0.2) is 0 Å². The first-order valence-electron chi connectivity index (χ1n) is 11.3. The van der Waals surface area contributed by atoms with E-state index in [1.54, 1.807) is 0 Å². The molecule has 1 fully saturated rings. The predicted octanol–water partition coefficient (Wildman–Crippen LogP) is 4.06. The summed E-state index contributed by atoms with van der Waals surface area (Å²) in [6.45, 7) is 6.25. The number of nitrogens with zero attached hydrogens (tertiary/aromatic N) is 3. The van der Waals surface area contributed by atoms with Crippen molar-refractivity contribution < 1.29 is 9.18 Å². The topological polar surface area (TPSA) is 38.8 Å². The zero-order chi connectivity index (χ0) is 22.2. The quantitative estimate of drug-likeness (QED) is 0.656. The summed E-state index contributed by atoms with van der Waals surface area (Å²) in [6.07, 6.45) is 2.53. The van der Waals surface area contributed by atoms with E-state index in [4.69, 9.17) is 0 Å². The van der Waals surface area contributed by atoms with Gasteiger partial charge in [-0.25, -0.2) is 4.39 Å². The first-order valence-corrected chi connectivity index (χ1v) is 11.3. The van der Waals surface area contributed by atoms with Gasteiger partial charge >= 0.3 is 0 Å². The molecule has 1 atom stereocenters. The number of benzene rings is 2. The monoisotopic (exact) mass is 426 g/mol. The van der Waals surface area contributed by atoms with Crippen LogP contribution in [0.2, 0.25) is 0 Å². The van der Waals surface area contributed by atoms with E-state index >= 15 is 0 Å². The van der Waals surface area contributed by atoms with Crippen molar-refractivity contribution >= 4 is 17.3 Å². The van der Waals surface area contributed by atoms with Crippen molar-refractivity contribution in [2.24, 2.45) is 0 Å². The van der Waals surface area contributed by atoms with E-state index in [9.17, 15) is 9.18 Å². The lowest BCUT2D eigenvalue weighted by molar-refractivity contribution is -0.121. The van der Waals surface area contributed by atoms with Gasteiger partial charge in [0.2, 0.25) is 5.91 Å². The van der Waals surface area contributed by atoms with Crippen LogP contribution in [-0.4, -0.2) is 57.6 Å². The van der Waals surface area contributed by atoms with Crippen molar-refractivity contribution in [3.63, 3.8) is 0 Å². The second-order valence-corrected chi connectivity index (χ2v) is 8.41. The van der Waals surface area contributed by atoms with Gasteiger partial charge in [-0.3, -0.25) is 9.69 Å². The highest BCUT2D eigenvalue weighted by Gasteiger charge is 2.26. The van der Waals surface area contributed by atoms with Crippen molar-refractivity contribution in [3.8, 4) is 0 Å². The van der Waals surface area contributed by atoms with Gasteiger partial charge in [-0.2, -0.15) is 0 Å². The summed E-state index contributed by atoms with van der Waals surface area (Å²) in [5, 5.41) is 3.15. The lowest BCUT2D eigenvalue weighted by Crippen LogP contribution is -2.50. The number of piperazine rings is 1. The molecule has 0 saturated carbocycles. The number of hydrogen-bond acceptors (Lipinski definition) is 4. The van der Waals surface area contributed by atoms with Gasteiger partial charge in [-0.05, 0) is 48.4 Å². The van der Waals surface area contributed by atoms with E-state index in [0.29, 0.717) is 13.0 Å². The molecule has 2 aromatic carbocycles. The first-order chi connectivity index (χ1) is 15.0. The molecule has 2 aromatic rings. The molecule has 168 valence electrons. The molecule has 1 aliphatic rings. The Bertz CT molecular complexity index is 814. The Kier molecular flexibility index (Phi) is 8.29. The molecule has 0 aromatic heterocycles. The van der Waals surface area contributed by atoms with Crippen LogP contribution in [0.5, 0.6) is 0 Å². The van der Waals surface area contributed by atoms with Crippen LogP contribution in [-0.2, 0) is 4.79 Å². The third-order valence-electron chi connectivity index (χ3n) is 5.99. The molecule has 0 unspecified atom stereocenters. The third kappa shape index (κ3) is 6.44. The minimum Gasteiger partial charge on any atom is -0.378 e. The van der Waals surface area contributed by atoms with Crippen LogP contribution in [0.1, 0.15) is 37.8 Å². The third-order valence-corrected chi connectivity index (χ3v) is 5.99. The summed E-state index contributed by atoms with van der Waals surface area (Å²) in [7, 11) is 4.07. The lowest BCUT2D eigenvalue weighted by Gasteiger charge is -2.40. The van der Waals surface area contributed by atoms with Gasteiger partial charge in [0.25, 0.3) is 0 Å². The van der Waals surface area contributed by atoms with Crippen LogP contribution >= 0.6 is 0 Å². The number of rotatable bonds is 9. The van der Waals surface area contributed by atoms with E-state index in [-0.39, 0.29) is 17.8 Å². The highest BCUT2D eigenvalue weighted by atomic mass is 19.1. The fourth-order valence-electron chi connectivity index (χ4n) is 4.03. The average Bonchev–Trinajstić information content (AvgIpc) is 2.79. The minimum atomic E-state index is -0.206. The van der Waals surface area contributed by atoms with E-state index in [2.05, 4.69) is 51.2 Å². The van der Waals surface area contributed by atoms with Crippen molar-refractivity contribution in [1.29, 1.82) is 0 Å². The Balaban J connectivity index is 1.68. The van der Waals surface area contributed by atoms with Crippen LogP contribution in [0, 0.1) is 5.82 Å². The van der Waals surface area contributed by atoms with Crippen LogP contribution in [0.15, 0.2) is 48.5 Å². The number of unbranched alkanes of at least 4 members (excludes halogenated alkanes) is 1. The Morgan fingerprint density at radius 1 is 1.03 bits per heavy atom. The summed E-state index contributed by atoms with van der Waals surface area (Å²) in [6, 6.07) is 15.5. The summed E-state index contributed by atoms with van der Waals surface area (Å²) >= 11 is 0. The predicted molar refractivity (Wildman–Crippen MR) is 126 cm³/mol. The molecule has 31 heavy (non-hydrogen) atoms. The highest BCUT2D eigenvalue weighted by Crippen LogP contribution is 2.26. The molecule has 1 heterocycles. The normalized spacial score (nSPS) is 15.5. The fourth-order valence-corrected chi connectivity index (χ4v) is 4.03. The Morgan fingerprint density at radius 2 is 1.68 bits per heavy atom. The second kappa shape index (κ2) is 11.1. The molecule has 0 aliphatic carbocycles. The van der Waals surface area contributed by atoms with Gasteiger partial charge in [0.1, 0.15) is 5.82 Å². The molecule has 5 nitrogen and oxygen atoms in total. The second-order valence-electron chi connectivity index (χ2n) is 8.41. The largest absolute Gasteiger partial charge is 0.378 e. The number of nitrogens with one attached hydrogen (secondary N) is 1. The van der Waals surface area contributed by atoms with E-state index in [0.717, 1.165) is 50.4 Å². The molecule has 1 N–H and O–H groups in total. The molecular formula is C25H35FN4O. The fraction of sp³-hybridized carbons (Fsp3) is 0.480. The molecule has 3 rings (SSSR count). The zero-order valence-corrected chi connectivity index (χ0v) is 19.0.